The Morgan fingerprint density at radius 3 is 2.59 bits per heavy atom. The zero-order valence-corrected chi connectivity index (χ0v) is 24.2. The third-order valence-electron chi connectivity index (χ3n) is 6.65. The molecule has 1 saturated heterocycles. The number of halogens is 3. The molecule has 2 heterocycles. The van der Waals surface area contributed by atoms with Crippen LogP contribution in [0, 0.1) is 0 Å². The fraction of sp³-hybridized carbons (Fsp3) is 0.444. The van der Waals surface area contributed by atoms with Gasteiger partial charge < -0.3 is 10.2 Å². The Kier molecular flexibility index (Phi) is 10.3. The summed E-state index contributed by atoms with van der Waals surface area (Å²) in [6, 6.07) is 13.8. The van der Waals surface area contributed by atoms with Crippen molar-refractivity contribution in [3.8, 4) is 0 Å². The van der Waals surface area contributed by atoms with Crippen LogP contribution in [0.25, 0.3) is 0 Å². The Morgan fingerprint density at radius 2 is 1.84 bits per heavy atom. The number of nitrogens with zero attached hydrogens (tertiary/aromatic N) is 5. The van der Waals surface area contributed by atoms with E-state index in [4.69, 9.17) is 23.2 Å². The number of benzene rings is 2. The van der Waals surface area contributed by atoms with Crippen LogP contribution in [-0.2, 0) is 13.0 Å². The molecule has 0 spiro atoms. The Bertz CT molecular complexity index is 1200. The summed E-state index contributed by atoms with van der Waals surface area (Å²) in [5.41, 5.74) is 3.43. The first kappa shape index (κ1) is 27.9. The zero-order chi connectivity index (χ0) is 26.2. The SMILES string of the molecule is CCCc1c(C(=O)NCCCCN2CCN(c3cccc(Cl)c3Cl)CC2)nnn1Cc1ccccc1Br. The lowest BCUT2D eigenvalue weighted by Gasteiger charge is -2.36. The molecule has 1 aliphatic rings. The van der Waals surface area contributed by atoms with Crippen LogP contribution < -0.4 is 10.2 Å². The average Bonchev–Trinajstić information content (AvgIpc) is 3.29. The maximum Gasteiger partial charge on any atom is 0.273 e. The predicted molar refractivity (Wildman–Crippen MR) is 154 cm³/mol. The predicted octanol–water partition coefficient (Wildman–Crippen LogP) is 5.68. The molecule has 0 radical (unpaired) electrons. The molecule has 198 valence electrons. The molecule has 0 atom stereocenters. The van der Waals surface area contributed by atoms with Gasteiger partial charge in [-0.1, -0.05) is 82.0 Å². The van der Waals surface area contributed by atoms with Crippen LogP contribution in [0.2, 0.25) is 10.0 Å². The van der Waals surface area contributed by atoms with Crippen molar-refractivity contribution in [2.75, 3.05) is 44.2 Å². The van der Waals surface area contributed by atoms with Gasteiger partial charge in [-0.25, -0.2) is 4.68 Å². The summed E-state index contributed by atoms with van der Waals surface area (Å²) in [5, 5.41) is 12.8. The molecule has 2 aromatic carbocycles. The van der Waals surface area contributed by atoms with Gasteiger partial charge in [0.25, 0.3) is 5.91 Å². The van der Waals surface area contributed by atoms with Gasteiger partial charge in [-0.05, 0) is 49.6 Å². The summed E-state index contributed by atoms with van der Waals surface area (Å²) in [7, 11) is 0. The Labute approximate surface area is 237 Å². The Hall–Kier alpha value is -2.13. The molecular formula is C27H33BrCl2N6O. The highest BCUT2D eigenvalue weighted by Crippen LogP contribution is 2.32. The van der Waals surface area contributed by atoms with E-state index in [2.05, 4.69) is 48.3 Å². The molecule has 1 amide bonds. The smallest absolute Gasteiger partial charge is 0.273 e. The van der Waals surface area contributed by atoms with E-state index in [0.29, 0.717) is 28.8 Å². The molecule has 1 N–H and O–H groups in total. The fourth-order valence-electron chi connectivity index (χ4n) is 4.60. The van der Waals surface area contributed by atoms with E-state index in [1.807, 2.05) is 47.1 Å². The minimum atomic E-state index is -0.145. The van der Waals surface area contributed by atoms with Gasteiger partial charge >= 0.3 is 0 Å². The lowest BCUT2D eigenvalue weighted by atomic mass is 10.1. The van der Waals surface area contributed by atoms with Crippen molar-refractivity contribution in [2.45, 2.75) is 39.2 Å². The number of unbranched alkanes of at least 4 members (excludes halogenated alkanes) is 1. The van der Waals surface area contributed by atoms with E-state index < -0.39 is 0 Å². The maximum atomic E-state index is 12.9. The van der Waals surface area contributed by atoms with Gasteiger partial charge in [0.1, 0.15) is 0 Å². The molecule has 0 saturated carbocycles. The Balaban J connectivity index is 1.21. The zero-order valence-electron chi connectivity index (χ0n) is 21.1. The minimum Gasteiger partial charge on any atom is -0.368 e. The van der Waals surface area contributed by atoms with E-state index in [0.717, 1.165) is 79.8 Å². The topological polar surface area (TPSA) is 66.3 Å². The molecule has 3 aromatic rings. The van der Waals surface area contributed by atoms with Crippen molar-refractivity contribution >= 4 is 50.7 Å². The number of nitrogens with one attached hydrogen (secondary N) is 1. The fourth-order valence-corrected chi connectivity index (χ4v) is 5.43. The van der Waals surface area contributed by atoms with Crippen LogP contribution in [0.1, 0.15) is 47.9 Å². The second kappa shape index (κ2) is 13.6. The first-order chi connectivity index (χ1) is 18.0. The monoisotopic (exact) mass is 606 g/mol. The molecule has 0 unspecified atom stereocenters. The summed E-state index contributed by atoms with van der Waals surface area (Å²) in [4.78, 5) is 17.6. The minimum absolute atomic E-state index is 0.145. The van der Waals surface area contributed by atoms with Crippen LogP contribution in [-0.4, -0.2) is 65.1 Å². The number of amides is 1. The number of hydrogen-bond acceptors (Lipinski definition) is 5. The van der Waals surface area contributed by atoms with Gasteiger partial charge in [0, 0.05) is 37.2 Å². The van der Waals surface area contributed by atoms with Crippen LogP contribution in [0.5, 0.6) is 0 Å². The van der Waals surface area contributed by atoms with E-state index in [1.54, 1.807) is 0 Å². The van der Waals surface area contributed by atoms with Gasteiger partial charge in [-0.3, -0.25) is 9.69 Å². The number of anilines is 1. The van der Waals surface area contributed by atoms with E-state index in [-0.39, 0.29) is 5.91 Å². The second-order valence-electron chi connectivity index (χ2n) is 9.25. The third kappa shape index (κ3) is 7.25. The lowest BCUT2D eigenvalue weighted by molar-refractivity contribution is 0.0946. The highest BCUT2D eigenvalue weighted by Gasteiger charge is 2.21. The van der Waals surface area contributed by atoms with Crippen LogP contribution in [0.3, 0.4) is 0 Å². The molecule has 7 nitrogen and oxygen atoms in total. The highest BCUT2D eigenvalue weighted by molar-refractivity contribution is 9.10. The number of aromatic nitrogens is 3. The van der Waals surface area contributed by atoms with Gasteiger partial charge in [-0.2, -0.15) is 0 Å². The number of hydrogen-bond donors (Lipinski definition) is 1. The summed E-state index contributed by atoms with van der Waals surface area (Å²) < 4.78 is 2.86. The first-order valence-corrected chi connectivity index (χ1v) is 14.4. The molecule has 0 bridgehead atoms. The highest BCUT2D eigenvalue weighted by atomic mass is 79.9. The molecule has 1 aromatic heterocycles. The lowest BCUT2D eigenvalue weighted by Crippen LogP contribution is -2.46. The summed E-state index contributed by atoms with van der Waals surface area (Å²) in [6.07, 6.45) is 3.61. The van der Waals surface area contributed by atoms with Gasteiger partial charge in [-0.15, -0.1) is 5.10 Å². The van der Waals surface area contributed by atoms with Gasteiger partial charge in [0.05, 0.1) is 28.0 Å². The standard InChI is InChI=1S/C27H33BrCl2N6O/c1-2-8-24-26(32-33-36(24)19-20-9-3-4-10-21(20)28)27(37)31-13-5-6-14-34-15-17-35(18-16-34)23-12-7-11-22(29)25(23)30/h3-4,7,9-12H,2,5-6,8,13-19H2,1H3,(H,31,37). The largest absolute Gasteiger partial charge is 0.368 e. The van der Waals surface area contributed by atoms with Crippen LogP contribution in [0.4, 0.5) is 5.69 Å². The Morgan fingerprint density at radius 1 is 1.05 bits per heavy atom. The van der Waals surface area contributed by atoms with Crippen molar-refractivity contribution < 1.29 is 4.79 Å². The molecule has 1 fully saturated rings. The van der Waals surface area contributed by atoms with Crippen LogP contribution >= 0.6 is 39.1 Å². The van der Waals surface area contributed by atoms with Crippen molar-refractivity contribution in [3.05, 3.63) is 73.9 Å². The van der Waals surface area contributed by atoms with E-state index in [9.17, 15) is 4.79 Å². The molecule has 10 heteroatoms. The van der Waals surface area contributed by atoms with E-state index in [1.165, 1.54) is 0 Å². The van der Waals surface area contributed by atoms with Crippen molar-refractivity contribution in [1.82, 2.24) is 25.2 Å². The van der Waals surface area contributed by atoms with Crippen molar-refractivity contribution in [3.63, 3.8) is 0 Å². The summed E-state index contributed by atoms with van der Waals surface area (Å²) in [5.74, 6) is -0.145. The third-order valence-corrected chi connectivity index (χ3v) is 8.23. The molecule has 37 heavy (non-hydrogen) atoms. The molecule has 0 aliphatic carbocycles. The van der Waals surface area contributed by atoms with Gasteiger partial charge in [0.15, 0.2) is 5.69 Å². The average molecular weight is 608 g/mol. The number of carbonyl (C=O) groups excluding carboxylic acids is 1. The molecule has 1 aliphatic heterocycles. The second-order valence-corrected chi connectivity index (χ2v) is 10.9. The quantitative estimate of drug-likeness (QED) is 0.284. The first-order valence-electron chi connectivity index (χ1n) is 12.8. The van der Waals surface area contributed by atoms with Crippen molar-refractivity contribution in [1.29, 1.82) is 0 Å². The molecular weight excluding hydrogens is 575 g/mol. The normalized spacial score (nSPS) is 14.2. The summed E-state index contributed by atoms with van der Waals surface area (Å²) >= 11 is 16.2. The summed E-state index contributed by atoms with van der Waals surface area (Å²) in [6.45, 7) is 8.12. The number of rotatable bonds is 11. The van der Waals surface area contributed by atoms with E-state index >= 15 is 0 Å². The van der Waals surface area contributed by atoms with Crippen LogP contribution in [0.15, 0.2) is 46.9 Å². The van der Waals surface area contributed by atoms with Gasteiger partial charge in [0.2, 0.25) is 0 Å². The number of piperazine rings is 1. The maximum absolute atomic E-state index is 12.9. The van der Waals surface area contributed by atoms with Crippen molar-refractivity contribution in [2.24, 2.45) is 0 Å². The molecule has 4 rings (SSSR count). The number of carbonyl (C=O) groups is 1.